The van der Waals surface area contributed by atoms with Crippen LogP contribution in [0.2, 0.25) is 0 Å². The predicted octanol–water partition coefficient (Wildman–Crippen LogP) is 4.43. The summed E-state index contributed by atoms with van der Waals surface area (Å²) in [4.78, 5) is 21.6. The maximum absolute atomic E-state index is 16.2. The third kappa shape index (κ3) is 3.79. The van der Waals surface area contributed by atoms with Gasteiger partial charge in [-0.1, -0.05) is 24.3 Å². The first-order chi connectivity index (χ1) is 18.0. The molecule has 0 N–H and O–H groups in total. The number of hydrogen-bond donors (Lipinski definition) is 0. The number of ether oxygens (including phenoxy) is 1. The van der Waals surface area contributed by atoms with Gasteiger partial charge in [-0.3, -0.25) is 14.8 Å². The van der Waals surface area contributed by atoms with E-state index >= 15 is 4.39 Å². The number of pyridine rings is 1. The van der Waals surface area contributed by atoms with E-state index in [1.165, 1.54) is 25.7 Å². The molecule has 8 heteroatoms. The highest BCUT2D eigenvalue weighted by atomic mass is 19.1. The summed E-state index contributed by atoms with van der Waals surface area (Å²) >= 11 is 0. The molecule has 4 aliphatic rings. The molecule has 0 amide bonds. The fourth-order valence-electron chi connectivity index (χ4n) is 7.30. The van der Waals surface area contributed by atoms with E-state index in [2.05, 4.69) is 31.7 Å². The van der Waals surface area contributed by atoms with Crippen molar-refractivity contribution >= 4 is 16.7 Å². The van der Waals surface area contributed by atoms with Crippen LogP contribution >= 0.6 is 0 Å². The van der Waals surface area contributed by atoms with Gasteiger partial charge in [0.1, 0.15) is 23.6 Å². The second-order valence-corrected chi connectivity index (χ2v) is 11.5. The molecule has 2 aromatic heterocycles. The monoisotopic (exact) mass is 502 g/mol. The lowest BCUT2D eigenvalue weighted by Gasteiger charge is -2.39. The van der Waals surface area contributed by atoms with Crippen LogP contribution < -0.4 is 9.64 Å². The summed E-state index contributed by atoms with van der Waals surface area (Å²) in [5.41, 5.74) is 2.47. The number of piperazine rings is 1. The lowest BCUT2D eigenvalue weighted by molar-refractivity contribution is 0.107. The Kier molecular flexibility index (Phi) is 5.59. The normalized spacial score (nSPS) is 25.2. The van der Waals surface area contributed by atoms with Crippen LogP contribution in [-0.2, 0) is 0 Å². The minimum Gasteiger partial charge on any atom is -0.461 e. The second-order valence-electron chi connectivity index (χ2n) is 11.5. The Morgan fingerprint density at radius 1 is 1.05 bits per heavy atom. The number of fused-ring (bicyclic) bond motifs is 4. The summed E-state index contributed by atoms with van der Waals surface area (Å²) in [5, 5.41) is 0.660. The van der Waals surface area contributed by atoms with Gasteiger partial charge in [0, 0.05) is 36.9 Å². The molecule has 6 heterocycles. The third-order valence-corrected chi connectivity index (χ3v) is 9.47. The number of aromatic nitrogens is 3. The van der Waals surface area contributed by atoms with E-state index in [0.717, 1.165) is 56.0 Å². The van der Waals surface area contributed by atoms with E-state index in [1.54, 1.807) is 6.20 Å². The Hall–Kier alpha value is -2.84. The maximum atomic E-state index is 16.2. The van der Waals surface area contributed by atoms with Crippen molar-refractivity contribution in [2.24, 2.45) is 0 Å². The van der Waals surface area contributed by atoms with Gasteiger partial charge in [-0.15, -0.1) is 0 Å². The van der Waals surface area contributed by atoms with Crippen molar-refractivity contribution in [3.05, 3.63) is 41.8 Å². The molecule has 0 saturated carbocycles. The van der Waals surface area contributed by atoms with Crippen LogP contribution in [0.15, 0.2) is 30.5 Å². The van der Waals surface area contributed by atoms with Crippen LogP contribution in [0.25, 0.3) is 22.2 Å². The zero-order valence-electron chi connectivity index (χ0n) is 21.8. The van der Waals surface area contributed by atoms with Crippen molar-refractivity contribution in [3.8, 4) is 17.3 Å². The van der Waals surface area contributed by atoms with Gasteiger partial charge in [0.05, 0.1) is 10.9 Å². The molecule has 4 fully saturated rings. The van der Waals surface area contributed by atoms with Gasteiger partial charge in [-0.25, -0.2) is 4.39 Å². The van der Waals surface area contributed by atoms with Crippen molar-refractivity contribution in [2.75, 3.05) is 44.7 Å². The average molecular weight is 503 g/mol. The number of nitrogens with zero attached hydrogens (tertiary/aromatic N) is 6. The van der Waals surface area contributed by atoms with Crippen LogP contribution in [0, 0.1) is 12.7 Å². The highest BCUT2D eigenvalue weighted by Crippen LogP contribution is 2.40. The van der Waals surface area contributed by atoms with Gasteiger partial charge in [0.2, 0.25) is 0 Å². The molecule has 1 aromatic carbocycles. The van der Waals surface area contributed by atoms with Gasteiger partial charge in [-0.05, 0) is 71.1 Å². The van der Waals surface area contributed by atoms with Crippen molar-refractivity contribution in [1.82, 2.24) is 24.8 Å². The molecule has 37 heavy (non-hydrogen) atoms. The minimum atomic E-state index is -0.404. The first-order valence-corrected chi connectivity index (χ1v) is 13.8. The second kappa shape index (κ2) is 8.88. The number of likely N-dealkylation sites (N-methyl/N-ethyl adjacent to an activating group) is 1. The van der Waals surface area contributed by atoms with Crippen LogP contribution in [0.5, 0.6) is 6.01 Å². The van der Waals surface area contributed by atoms with E-state index < -0.39 is 5.82 Å². The molecular formula is C29H35FN6O. The van der Waals surface area contributed by atoms with Crippen LogP contribution in [0.1, 0.15) is 44.1 Å². The first kappa shape index (κ1) is 23.3. The van der Waals surface area contributed by atoms with Crippen molar-refractivity contribution < 1.29 is 9.13 Å². The summed E-state index contributed by atoms with van der Waals surface area (Å²) < 4.78 is 22.6. The quantitative estimate of drug-likeness (QED) is 0.512. The number of halogens is 1. The van der Waals surface area contributed by atoms with Gasteiger partial charge < -0.3 is 9.64 Å². The van der Waals surface area contributed by atoms with Crippen molar-refractivity contribution in [3.63, 3.8) is 0 Å². The number of anilines is 1. The largest absolute Gasteiger partial charge is 0.461 e. The molecule has 7 rings (SSSR count). The van der Waals surface area contributed by atoms with Crippen molar-refractivity contribution in [1.29, 1.82) is 0 Å². The summed E-state index contributed by atoms with van der Waals surface area (Å²) in [7, 11) is 2.22. The average Bonchev–Trinajstić information content (AvgIpc) is 3.53. The molecule has 0 spiro atoms. The highest BCUT2D eigenvalue weighted by Gasteiger charge is 2.45. The third-order valence-electron chi connectivity index (χ3n) is 9.47. The lowest BCUT2D eigenvalue weighted by atomic mass is 9.95. The molecule has 3 aromatic rings. The van der Waals surface area contributed by atoms with Gasteiger partial charge in [-0.2, -0.15) is 9.97 Å². The van der Waals surface area contributed by atoms with Crippen LogP contribution in [-0.4, -0.2) is 82.2 Å². The summed E-state index contributed by atoms with van der Waals surface area (Å²) in [6.45, 7) is 6.56. The Balaban J connectivity index is 1.31. The topological polar surface area (TPSA) is 57.6 Å². The predicted molar refractivity (Wildman–Crippen MR) is 143 cm³/mol. The molecule has 2 bridgehead atoms. The van der Waals surface area contributed by atoms with E-state index in [-0.39, 0.29) is 11.5 Å². The summed E-state index contributed by atoms with van der Waals surface area (Å²) in [6, 6.07) is 9.03. The van der Waals surface area contributed by atoms with Crippen LogP contribution in [0.4, 0.5) is 10.2 Å². The highest BCUT2D eigenvalue weighted by molar-refractivity contribution is 5.92. The fourth-order valence-corrected chi connectivity index (χ4v) is 7.30. The molecule has 0 aliphatic carbocycles. The number of aryl methyl sites for hydroxylation is 1. The maximum Gasteiger partial charge on any atom is 0.319 e. The van der Waals surface area contributed by atoms with Gasteiger partial charge in [0.25, 0.3) is 0 Å². The van der Waals surface area contributed by atoms with E-state index in [4.69, 9.17) is 9.72 Å². The van der Waals surface area contributed by atoms with E-state index in [0.29, 0.717) is 35.3 Å². The molecule has 7 nitrogen and oxygen atoms in total. The molecular weight excluding hydrogens is 467 g/mol. The standard InChI is InChI=1S/C29H35FN6O/c1-19-7-3-4-8-22(19)25-24(30)26-23(15-31-25)27(35-16-20-9-10-21(17-35)34(20)2)33-28(32-26)37-18-29-11-5-13-36(29)14-6-12-29/h3-4,7-8,15,20-21H,5-6,9-14,16-18H2,1-2H3. The molecule has 4 saturated heterocycles. The van der Waals surface area contributed by atoms with Gasteiger partial charge >= 0.3 is 6.01 Å². The minimum absolute atomic E-state index is 0.0779. The van der Waals surface area contributed by atoms with Crippen molar-refractivity contribution in [2.45, 2.75) is 63.1 Å². The van der Waals surface area contributed by atoms with Crippen LogP contribution in [0.3, 0.4) is 0 Å². The number of hydrogen-bond acceptors (Lipinski definition) is 7. The number of rotatable bonds is 5. The Bertz CT molecular complexity index is 1320. The first-order valence-electron chi connectivity index (χ1n) is 13.8. The Morgan fingerprint density at radius 3 is 2.51 bits per heavy atom. The fraction of sp³-hybridized carbons (Fsp3) is 0.552. The molecule has 0 radical (unpaired) electrons. The molecule has 2 unspecified atom stereocenters. The zero-order chi connectivity index (χ0) is 25.1. The summed E-state index contributed by atoms with van der Waals surface area (Å²) in [5.74, 6) is 0.346. The zero-order valence-corrected chi connectivity index (χ0v) is 21.8. The molecule has 4 aliphatic heterocycles. The summed E-state index contributed by atoms with van der Waals surface area (Å²) in [6.07, 6.45) is 8.83. The number of benzene rings is 1. The Morgan fingerprint density at radius 2 is 1.78 bits per heavy atom. The van der Waals surface area contributed by atoms with Gasteiger partial charge in [0.15, 0.2) is 5.82 Å². The SMILES string of the molecule is Cc1ccccc1-c1ncc2c(N3CC4CCC(C3)N4C)nc(OCC34CCCN3CCC4)nc2c1F. The smallest absolute Gasteiger partial charge is 0.319 e. The van der Waals surface area contributed by atoms with E-state index in [9.17, 15) is 0 Å². The Labute approximate surface area is 217 Å². The molecule has 2 atom stereocenters. The molecule has 194 valence electrons. The van der Waals surface area contributed by atoms with E-state index in [1.807, 2.05) is 31.2 Å². The lowest BCUT2D eigenvalue weighted by Crippen LogP contribution is -2.52.